The zero-order valence-electron chi connectivity index (χ0n) is 65.4. The van der Waals surface area contributed by atoms with Gasteiger partial charge >= 0.3 is 0 Å². The summed E-state index contributed by atoms with van der Waals surface area (Å²) in [6.07, 6.45) is 5.76. The quantitative estimate of drug-likeness (QED) is 0.122. The van der Waals surface area contributed by atoms with Gasteiger partial charge in [0.15, 0.2) is 0 Å². The van der Waals surface area contributed by atoms with E-state index in [0.29, 0.717) is 11.9 Å². The van der Waals surface area contributed by atoms with Crippen molar-refractivity contribution in [3.05, 3.63) is 431 Å². The molecule has 7 aromatic heterocycles. The molecule has 0 spiro atoms. The smallest absolute Gasteiger partial charge is 0.235 e. The summed E-state index contributed by atoms with van der Waals surface area (Å²) in [7, 11) is 0. The maximum Gasteiger partial charge on any atom is 0.235 e. The summed E-state index contributed by atoms with van der Waals surface area (Å²) in [6.45, 7) is 2.18. The average Bonchev–Trinajstić information content (AvgIpc) is 1.60. The molecule has 17 aromatic carbocycles. The molecule has 562 valence electrons. The third-order valence-electron chi connectivity index (χ3n) is 24.1. The molecule has 0 aliphatic rings. The van der Waals surface area contributed by atoms with Crippen LogP contribution < -0.4 is 0 Å². The Balaban J connectivity index is 0.000000141. The zero-order valence-corrected chi connectivity index (χ0v) is 65.4. The molecule has 0 radical (unpaired) electrons. The fraction of sp³-hybridized carbons (Fsp3) is 0.00901. The van der Waals surface area contributed by atoms with E-state index in [-0.39, 0.29) is 0 Å². The average molecular weight is 1530 g/mol. The standard InChI is InChI=1S/C58H37N5.C53H36N4/c1-4-14-38(15-5-1)39-24-28-55-49(34-39)50-37-42(27-31-56(50)62(55)44-18-8-3-9-19-44)51-32-33-59-58(60-51)63-53-23-13-11-21-46(53)48-36-41(26-30-57(48)63)40-25-29-54-47(35-40)45-20-10-12-22-52(45)61(54)43-16-6-2-7-17-43;1-35-30-39(36-12-4-2-5-13-36)24-27-44(35)38-22-20-37(21-23-38)42-33-54-53(55-34-42)57-50-19-11-9-17-46(50)48-32-41(26-29-52(48)57)40-25-28-51-47(31-40)45-16-8-10-18-49(45)56(51)43-14-6-3-7-15-43/h1-37H;2-34H,1H3. The Hall–Kier alpha value is -16.1. The Kier molecular flexibility index (Phi) is 16.6. The van der Waals surface area contributed by atoms with Gasteiger partial charge in [0.05, 0.1) is 60.9 Å². The van der Waals surface area contributed by atoms with E-state index in [0.717, 1.165) is 83.4 Å². The molecular formula is C111H73N9. The Morgan fingerprint density at radius 3 is 0.858 bits per heavy atom. The van der Waals surface area contributed by atoms with Crippen LogP contribution >= 0.6 is 0 Å². The van der Waals surface area contributed by atoms with Gasteiger partial charge in [-0.2, -0.15) is 0 Å². The normalized spacial score (nSPS) is 11.7. The number of hydrogen-bond acceptors (Lipinski definition) is 4. The number of hydrogen-bond donors (Lipinski definition) is 0. The Morgan fingerprint density at radius 1 is 0.183 bits per heavy atom. The first-order valence-corrected chi connectivity index (χ1v) is 40.8. The van der Waals surface area contributed by atoms with E-state index in [1.807, 2.05) is 24.7 Å². The van der Waals surface area contributed by atoms with Crippen LogP contribution in [-0.4, -0.2) is 42.8 Å². The monoisotopic (exact) mass is 1530 g/mol. The van der Waals surface area contributed by atoms with Crippen LogP contribution in [0, 0.1) is 6.92 Å². The van der Waals surface area contributed by atoms with Crippen molar-refractivity contribution in [3.63, 3.8) is 0 Å². The third kappa shape index (κ3) is 11.8. The first kappa shape index (κ1) is 69.4. The highest BCUT2D eigenvalue weighted by Gasteiger charge is 2.23. The van der Waals surface area contributed by atoms with Gasteiger partial charge in [0, 0.05) is 101 Å². The highest BCUT2D eigenvalue weighted by molar-refractivity contribution is 6.16. The second kappa shape index (κ2) is 28.7. The van der Waals surface area contributed by atoms with Crippen molar-refractivity contribution in [1.82, 2.24) is 42.8 Å². The minimum absolute atomic E-state index is 0.639. The van der Waals surface area contributed by atoms with Crippen LogP contribution in [0.25, 0.3) is 216 Å². The van der Waals surface area contributed by atoms with Crippen LogP contribution in [0.15, 0.2) is 425 Å². The first-order valence-electron chi connectivity index (χ1n) is 40.8. The fourth-order valence-electron chi connectivity index (χ4n) is 18.4. The lowest BCUT2D eigenvalue weighted by atomic mass is 9.95. The Morgan fingerprint density at radius 2 is 0.458 bits per heavy atom. The second-order valence-electron chi connectivity index (χ2n) is 31.0. The number of para-hydroxylation sites is 7. The van der Waals surface area contributed by atoms with E-state index >= 15 is 0 Å². The fourth-order valence-corrected chi connectivity index (χ4v) is 18.4. The molecule has 9 nitrogen and oxygen atoms in total. The van der Waals surface area contributed by atoms with E-state index in [1.165, 1.54) is 126 Å². The van der Waals surface area contributed by atoms with Crippen molar-refractivity contribution in [3.8, 4) is 107 Å². The summed E-state index contributed by atoms with van der Waals surface area (Å²) in [5.74, 6) is 1.29. The van der Waals surface area contributed by atoms with Crippen LogP contribution in [0.4, 0.5) is 0 Å². The summed E-state index contributed by atoms with van der Waals surface area (Å²) in [4.78, 5) is 20.1. The maximum atomic E-state index is 5.32. The van der Waals surface area contributed by atoms with E-state index in [9.17, 15) is 0 Å². The Labute approximate surface area is 691 Å². The second-order valence-corrected chi connectivity index (χ2v) is 31.0. The highest BCUT2D eigenvalue weighted by Crippen LogP contribution is 2.44. The molecule has 9 heteroatoms. The SMILES string of the molecule is Cc1cc(-c2ccccc2)ccc1-c1ccc(-c2cnc(-n3c4ccccc4c4cc(-c5ccc6c(c5)c5ccccc5n6-c5ccccc5)ccc43)nc2)cc1.c1ccc(-c2ccc3c(c2)c2cc(-c4ccnc(-n5c6ccccc6c6cc(-c7ccc8c(c7)c7ccccc7n8-c7ccccc7)ccc65)n4)ccc2n3-c2ccccc2)cc1. The molecule has 0 fully saturated rings. The third-order valence-corrected chi connectivity index (χ3v) is 24.1. The molecule has 0 amide bonds. The topological polar surface area (TPSA) is 76.2 Å². The van der Waals surface area contributed by atoms with Gasteiger partial charge in [-0.15, -0.1) is 0 Å². The van der Waals surface area contributed by atoms with Gasteiger partial charge in [-0.25, -0.2) is 19.9 Å². The molecule has 0 aliphatic heterocycles. The van der Waals surface area contributed by atoms with Crippen LogP contribution in [-0.2, 0) is 0 Å². The predicted octanol–water partition coefficient (Wildman–Crippen LogP) is 28.4. The van der Waals surface area contributed by atoms with Gasteiger partial charge in [-0.1, -0.05) is 267 Å². The summed E-state index contributed by atoms with van der Waals surface area (Å²) in [5, 5.41) is 12.0. The van der Waals surface area contributed by atoms with Crippen molar-refractivity contribution in [2.45, 2.75) is 6.92 Å². The van der Waals surface area contributed by atoms with E-state index < -0.39 is 0 Å². The molecule has 7 heterocycles. The molecule has 0 saturated heterocycles. The van der Waals surface area contributed by atoms with Gasteiger partial charge in [0.1, 0.15) is 0 Å². The largest absolute Gasteiger partial charge is 0.309 e. The molecule has 24 aromatic rings. The van der Waals surface area contributed by atoms with Gasteiger partial charge in [-0.3, -0.25) is 9.13 Å². The van der Waals surface area contributed by atoms with Crippen molar-refractivity contribution < 1.29 is 0 Å². The zero-order chi connectivity index (χ0) is 79.3. The summed E-state index contributed by atoms with van der Waals surface area (Å²) < 4.78 is 11.5. The van der Waals surface area contributed by atoms with Crippen LogP contribution in [0.1, 0.15) is 5.56 Å². The van der Waals surface area contributed by atoms with Crippen molar-refractivity contribution in [2.75, 3.05) is 0 Å². The van der Waals surface area contributed by atoms with Crippen molar-refractivity contribution in [2.24, 2.45) is 0 Å². The Bertz CT molecular complexity index is 8120. The lowest BCUT2D eigenvalue weighted by Crippen LogP contribution is -2.01. The van der Waals surface area contributed by atoms with Gasteiger partial charge in [0.25, 0.3) is 0 Å². The molecule has 120 heavy (non-hydrogen) atoms. The number of fused-ring (bicyclic) bond motifs is 15. The van der Waals surface area contributed by atoms with Crippen molar-refractivity contribution >= 4 is 109 Å². The number of aromatic nitrogens is 9. The first-order chi connectivity index (χ1) is 59.4. The molecule has 0 unspecified atom stereocenters. The molecule has 0 N–H and O–H groups in total. The molecule has 0 saturated carbocycles. The van der Waals surface area contributed by atoms with Gasteiger partial charge < -0.3 is 13.7 Å². The van der Waals surface area contributed by atoms with E-state index in [2.05, 4.69) is 430 Å². The van der Waals surface area contributed by atoms with Crippen LogP contribution in [0.5, 0.6) is 0 Å². The lowest BCUT2D eigenvalue weighted by molar-refractivity contribution is 0.990. The summed E-state index contributed by atoms with van der Waals surface area (Å²) >= 11 is 0. The van der Waals surface area contributed by atoms with Gasteiger partial charge in [0.2, 0.25) is 11.9 Å². The number of aryl methyl sites for hydroxylation is 1. The molecule has 0 bridgehead atoms. The molecule has 0 aliphatic carbocycles. The summed E-state index contributed by atoms with van der Waals surface area (Å²) in [5.41, 5.74) is 32.1. The summed E-state index contributed by atoms with van der Waals surface area (Å²) in [6, 6.07) is 146. The molecular weight excluding hydrogens is 1460 g/mol. The number of rotatable bonds is 12. The minimum Gasteiger partial charge on any atom is -0.309 e. The van der Waals surface area contributed by atoms with E-state index in [1.54, 1.807) is 0 Å². The highest BCUT2D eigenvalue weighted by atomic mass is 15.2. The molecule has 24 rings (SSSR count). The maximum absolute atomic E-state index is 5.32. The lowest BCUT2D eigenvalue weighted by Gasteiger charge is -2.11. The van der Waals surface area contributed by atoms with Crippen molar-refractivity contribution in [1.29, 1.82) is 0 Å². The molecule has 0 atom stereocenters. The van der Waals surface area contributed by atoms with Gasteiger partial charge in [-0.05, 0) is 213 Å². The minimum atomic E-state index is 0.639. The van der Waals surface area contributed by atoms with Crippen LogP contribution in [0.3, 0.4) is 0 Å². The van der Waals surface area contributed by atoms with E-state index in [4.69, 9.17) is 19.9 Å². The number of nitrogens with zero attached hydrogens (tertiary/aromatic N) is 9. The predicted molar refractivity (Wildman–Crippen MR) is 499 cm³/mol. The van der Waals surface area contributed by atoms with Crippen LogP contribution in [0.2, 0.25) is 0 Å². The number of benzene rings is 17.